The molecule has 0 spiro atoms. The maximum Gasteiger partial charge on any atom is 0.239 e. The number of para-hydroxylation sites is 1. The molecule has 1 aliphatic carbocycles. The first-order chi connectivity index (χ1) is 10.2. The molecule has 4 nitrogen and oxygen atoms in total. The number of aliphatic hydroxyl groups excluding tert-OH is 1. The van der Waals surface area contributed by atoms with Crippen LogP contribution in [0.5, 0.6) is 0 Å². The van der Waals surface area contributed by atoms with Crippen LogP contribution < -0.4 is 5.32 Å². The first kappa shape index (κ1) is 14.1. The molecule has 0 bridgehead atoms. The first-order valence-electron chi connectivity index (χ1n) is 7.71. The van der Waals surface area contributed by atoms with Gasteiger partial charge in [0.15, 0.2) is 0 Å². The summed E-state index contributed by atoms with van der Waals surface area (Å²) in [6.45, 7) is 1.03. The number of nitrogens with zero attached hydrogens (tertiary/aromatic N) is 1. The number of rotatable bonds is 4. The third-order valence-electron chi connectivity index (χ3n) is 4.34. The zero-order chi connectivity index (χ0) is 14.7. The van der Waals surface area contributed by atoms with Gasteiger partial charge < -0.3 is 15.0 Å². The van der Waals surface area contributed by atoms with E-state index in [0.717, 1.165) is 36.6 Å². The van der Waals surface area contributed by atoms with Crippen LogP contribution in [-0.4, -0.2) is 28.2 Å². The molecule has 1 aromatic carbocycles. The Balaban J connectivity index is 1.54. The minimum absolute atomic E-state index is 0.0383. The fourth-order valence-corrected chi connectivity index (χ4v) is 3.20. The van der Waals surface area contributed by atoms with E-state index in [1.807, 2.05) is 41.1 Å². The van der Waals surface area contributed by atoms with Gasteiger partial charge in [-0.15, -0.1) is 0 Å². The molecule has 1 fully saturated rings. The van der Waals surface area contributed by atoms with Gasteiger partial charge in [0.05, 0.1) is 6.10 Å². The van der Waals surface area contributed by atoms with Crippen molar-refractivity contribution in [1.82, 2.24) is 9.88 Å². The number of amides is 1. The lowest BCUT2D eigenvalue weighted by molar-refractivity contribution is -0.121. The maximum atomic E-state index is 12.1. The molecule has 1 amide bonds. The predicted molar refractivity (Wildman–Crippen MR) is 82.9 cm³/mol. The lowest BCUT2D eigenvalue weighted by Gasteiger charge is -2.25. The van der Waals surface area contributed by atoms with E-state index < -0.39 is 0 Å². The molecular formula is C17H22N2O2. The minimum Gasteiger partial charge on any atom is -0.393 e. The van der Waals surface area contributed by atoms with Gasteiger partial charge in [0, 0.05) is 18.3 Å². The van der Waals surface area contributed by atoms with E-state index in [1.165, 1.54) is 0 Å². The zero-order valence-electron chi connectivity index (χ0n) is 12.2. The number of carbonyl (C=O) groups excluding carboxylic acids is 1. The van der Waals surface area contributed by atoms with Crippen LogP contribution in [0.25, 0.3) is 10.9 Å². The number of hydrogen-bond acceptors (Lipinski definition) is 2. The quantitative estimate of drug-likeness (QED) is 0.906. The van der Waals surface area contributed by atoms with Gasteiger partial charge in [0.1, 0.15) is 6.54 Å². The fraction of sp³-hybridized carbons (Fsp3) is 0.471. The molecule has 1 aliphatic rings. The molecule has 1 aromatic heterocycles. The van der Waals surface area contributed by atoms with Gasteiger partial charge in [-0.3, -0.25) is 4.79 Å². The van der Waals surface area contributed by atoms with Gasteiger partial charge >= 0.3 is 0 Å². The zero-order valence-corrected chi connectivity index (χ0v) is 12.2. The normalized spacial score (nSPS) is 22.3. The number of benzene rings is 1. The third-order valence-corrected chi connectivity index (χ3v) is 4.34. The second-order valence-corrected chi connectivity index (χ2v) is 5.99. The standard InChI is InChI=1S/C17H22N2O2/c20-15-6-3-4-13(10-15)11-18-17(21)12-19-9-8-14-5-1-2-7-16(14)19/h1-2,5,7-9,13,15,20H,3-4,6,10-12H2,(H,18,21). The molecule has 0 aliphatic heterocycles. The summed E-state index contributed by atoms with van der Waals surface area (Å²) >= 11 is 0. The van der Waals surface area contributed by atoms with E-state index in [9.17, 15) is 9.90 Å². The second kappa shape index (κ2) is 6.31. The van der Waals surface area contributed by atoms with Crippen molar-refractivity contribution in [2.45, 2.75) is 38.3 Å². The summed E-state index contributed by atoms with van der Waals surface area (Å²) in [5.74, 6) is 0.454. The van der Waals surface area contributed by atoms with E-state index in [4.69, 9.17) is 0 Å². The van der Waals surface area contributed by atoms with Crippen molar-refractivity contribution in [3.05, 3.63) is 36.5 Å². The van der Waals surface area contributed by atoms with Crippen LogP contribution in [0, 0.1) is 5.92 Å². The molecule has 3 rings (SSSR count). The summed E-state index contributed by atoms with van der Waals surface area (Å²) < 4.78 is 1.97. The van der Waals surface area contributed by atoms with E-state index in [0.29, 0.717) is 19.0 Å². The Kier molecular flexibility index (Phi) is 4.25. The predicted octanol–water partition coefficient (Wildman–Crippen LogP) is 2.31. The molecule has 1 heterocycles. The number of fused-ring (bicyclic) bond motifs is 1. The van der Waals surface area contributed by atoms with Crippen LogP contribution in [0.2, 0.25) is 0 Å². The molecule has 0 radical (unpaired) electrons. The van der Waals surface area contributed by atoms with Crippen LogP contribution in [-0.2, 0) is 11.3 Å². The monoisotopic (exact) mass is 286 g/mol. The highest BCUT2D eigenvalue weighted by atomic mass is 16.3. The average molecular weight is 286 g/mol. The summed E-state index contributed by atoms with van der Waals surface area (Å²) in [7, 11) is 0. The summed E-state index contributed by atoms with van der Waals surface area (Å²) in [6, 6.07) is 10.1. The molecule has 2 unspecified atom stereocenters. The van der Waals surface area contributed by atoms with Crippen LogP contribution in [0.1, 0.15) is 25.7 Å². The lowest BCUT2D eigenvalue weighted by atomic mass is 9.87. The van der Waals surface area contributed by atoms with Gasteiger partial charge in [-0.2, -0.15) is 0 Å². The Morgan fingerprint density at radius 1 is 1.29 bits per heavy atom. The van der Waals surface area contributed by atoms with Crippen molar-refractivity contribution in [3.63, 3.8) is 0 Å². The Hall–Kier alpha value is -1.81. The van der Waals surface area contributed by atoms with Crippen molar-refractivity contribution >= 4 is 16.8 Å². The third kappa shape index (κ3) is 3.45. The summed E-state index contributed by atoms with van der Waals surface area (Å²) in [5, 5.41) is 13.8. The molecule has 21 heavy (non-hydrogen) atoms. The first-order valence-corrected chi connectivity index (χ1v) is 7.71. The Morgan fingerprint density at radius 3 is 3.00 bits per heavy atom. The number of hydrogen-bond donors (Lipinski definition) is 2. The Bertz CT molecular complexity index is 620. The van der Waals surface area contributed by atoms with Gasteiger partial charge in [0.25, 0.3) is 0 Å². The topological polar surface area (TPSA) is 54.3 Å². The highest BCUT2D eigenvalue weighted by molar-refractivity contribution is 5.83. The van der Waals surface area contributed by atoms with Gasteiger partial charge in [-0.25, -0.2) is 0 Å². The van der Waals surface area contributed by atoms with Gasteiger partial charge in [0.2, 0.25) is 5.91 Å². The number of aromatic nitrogens is 1. The van der Waals surface area contributed by atoms with Crippen LogP contribution in [0.4, 0.5) is 0 Å². The largest absolute Gasteiger partial charge is 0.393 e. The molecule has 4 heteroatoms. The van der Waals surface area contributed by atoms with Gasteiger partial charge in [-0.05, 0) is 42.7 Å². The molecular weight excluding hydrogens is 264 g/mol. The van der Waals surface area contributed by atoms with Crippen molar-refractivity contribution in [2.24, 2.45) is 5.92 Å². The number of nitrogens with one attached hydrogen (secondary N) is 1. The summed E-state index contributed by atoms with van der Waals surface area (Å²) in [5.41, 5.74) is 1.08. The molecule has 112 valence electrons. The van der Waals surface area contributed by atoms with E-state index >= 15 is 0 Å². The SMILES string of the molecule is O=C(Cn1ccc2ccccc21)NCC1CCCC(O)C1. The smallest absolute Gasteiger partial charge is 0.239 e. The van der Waals surface area contributed by atoms with Crippen molar-refractivity contribution in [3.8, 4) is 0 Å². The molecule has 2 atom stereocenters. The summed E-state index contributed by atoms with van der Waals surface area (Å²) in [6.07, 6.45) is 5.64. The fourth-order valence-electron chi connectivity index (χ4n) is 3.20. The molecule has 1 saturated carbocycles. The van der Waals surface area contributed by atoms with Crippen LogP contribution in [0.15, 0.2) is 36.5 Å². The van der Waals surface area contributed by atoms with Crippen molar-refractivity contribution in [2.75, 3.05) is 6.54 Å². The molecule has 2 aromatic rings. The van der Waals surface area contributed by atoms with Gasteiger partial charge in [-0.1, -0.05) is 24.6 Å². The Labute approximate surface area is 124 Å². The van der Waals surface area contributed by atoms with Crippen molar-refractivity contribution < 1.29 is 9.90 Å². The van der Waals surface area contributed by atoms with E-state index in [2.05, 4.69) is 5.32 Å². The maximum absolute atomic E-state index is 12.1. The van der Waals surface area contributed by atoms with Crippen LogP contribution >= 0.6 is 0 Å². The van der Waals surface area contributed by atoms with Crippen LogP contribution in [0.3, 0.4) is 0 Å². The van der Waals surface area contributed by atoms with E-state index in [1.54, 1.807) is 0 Å². The minimum atomic E-state index is -0.186. The molecule has 2 N–H and O–H groups in total. The number of aliphatic hydroxyl groups is 1. The van der Waals surface area contributed by atoms with Crippen molar-refractivity contribution in [1.29, 1.82) is 0 Å². The highest BCUT2D eigenvalue weighted by Gasteiger charge is 2.20. The number of carbonyl (C=O) groups is 1. The molecule has 0 saturated heterocycles. The highest BCUT2D eigenvalue weighted by Crippen LogP contribution is 2.23. The summed E-state index contributed by atoms with van der Waals surface area (Å²) in [4.78, 5) is 12.1. The lowest BCUT2D eigenvalue weighted by Crippen LogP contribution is -2.34. The Morgan fingerprint density at radius 2 is 2.14 bits per heavy atom. The van der Waals surface area contributed by atoms with E-state index in [-0.39, 0.29) is 12.0 Å². The second-order valence-electron chi connectivity index (χ2n) is 5.99. The average Bonchev–Trinajstić information content (AvgIpc) is 2.89.